The van der Waals surface area contributed by atoms with Crippen molar-refractivity contribution in [3.63, 3.8) is 0 Å². The summed E-state index contributed by atoms with van der Waals surface area (Å²) in [4.78, 5) is 11.5. The molecule has 3 nitrogen and oxygen atoms in total. The lowest BCUT2D eigenvalue weighted by atomic mass is 9.56. The summed E-state index contributed by atoms with van der Waals surface area (Å²) in [6.07, 6.45) is 12.9. The molecule has 0 saturated heterocycles. The van der Waals surface area contributed by atoms with Gasteiger partial charge >= 0.3 is 5.97 Å². The molecule has 0 aromatic heterocycles. The zero-order valence-corrected chi connectivity index (χ0v) is 18.2. The number of carboxylic acid groups (broad SMARTS) is 1. The quantitative estimate of drug-likeness (QED) is 0.372. The average molecular weight is 485 g/mol. The Hall–Kier alpha value is -0.550. The molecule has 4 rings (SSSR count). The number of alkyl halides is 2. The van der Waals surface area contributed by atoms with Gasteiger partial charge in [0.15, 0.2) is 3.36 Å². The van der Waals surface area contributed by atoms with Gasteiger partial charge in [-0.05, 0) is 87.1 Å². The summed E-state index contributed by atoms with van der Waals surface area (Å²) in [5.41, 5.74) is 2.63. The monoisotopic (exact) mass is 483 g/mol. The van der Waals surface area contributed by atoms with E-state index in [4.69, 9.17) is 0 Å². The average Bonchev–Trinajstić information content (AvgIpc) is 2.89. The van der Waals surface area contributed by atoms with Crippen LogP contribution in [0.15, 0.2) is 18.2 Å². The molecule has 2 aliphatic carbocycles. The van der Waals surface area contributed by atoms with Crippen LogP contribution in [0.25, 0.3) is 0 Å². The van der Waals surface area contributed by atoms with Crippen LogP contribution >= 0.6 is 31.9 Å². The van der Waals surface area contributed by atoms with Crippen LogP contribution in [0.2, 0.25) is 0 Å². The first kappa shape index (κ1) is 18.8. The summed E-state index contributed by atoms with van der Waals surface area (Å²) < 4.78 is -0.406. The Morgan fingerprint density at radius 1 is 0.962 bits per heavy atom. The van der Waals surface area contributed by atoms with E-state index in [0.29, 0.717) is 17.4 Å². The molecule has 1 aromatic rings. The number of anilines is 1. The molecule has 3 aliphatic rings. The molecule has 0 spiro atoms. The molecule has 1 heterocycles. The van der Waals surface area contributed by atoms with Gasteiger partial charge in [0, 0.05) is 11.1 Å². The van der Waals surface area contributed by atoms with Crippen molar-refractivity contribution in [1.82, 2.24) is 0 Å². The van der Waals surface area contributed by atoms with E-state index in [2.05, 4.69) is 43.2 Å². The van der Waals surface area contributed by atoms with Gasteiger partial charge in [-0.2, -0.15) is 0 Å². The third-order valence-corrected chi connectivity index (χ3v) is 8.73. The zero-order valence-electron chi connectivity index (χ0n) is 15.1. The van der Waals surface area contributed by atoms with Crippen molar-refractivity contribution >= 4 is 43.5 Å². The molecule has 0 atom stereocenters. The number of aromatic carboxylic acids is 1. The molecule has 1 aliphatic heterocycles. The Labute approximate surface area is 172 Å². The van der Waals surface area contributed by atoms with Crippen molar-refractivity contribution in [2.24, 2.45) is 11.8 Å². The van der Waals surface area contributed by atoms with Gasteiger partial charge in [-0.3, -0.25) is 0 Å². The van der Waals surface area contributed by atoms with Crippen molar-refractivity contribution < 1.29 is 9.90 Å². The molecular formula is C21H27Br2NO2. The molecule has 0 bridgehead atoms. The summed E-state index contributed by atoms with van der Waals surface area (Å²) >= 11 is 8.08. The highest BCUT2D eigenvalue weighted by atomic mass is 79.9. The van der Waals surface area contributed by atoms with Gasteiger partial charge in [-0.25, -0.2) is 4.79 Å². The van der Waals surface area contributed by atoms with Gasteiger partial charge in [0.05, 0.1) is 5.56 Å². The number of hydrogen-bond donors (Lipinski definition) is 2. The molecule has 1 aromatic carbocycles. The summed E-state index contributed by atoms with van der Waals surface area (Å²) in [5.74, 6) is 0.363. The smallest absolute Gasteiger partial charge is 0.335 e. The van der Waals surface area contributed by atoms with Gasteiger partial charge in [0.2, 0.25) is 0 Å². The Bertz CT molecular complexity index is 673. The lowest BCUT2D eigenvalue weighted by Gasteiger charge is -2.52. The van der Waals surface area contributed by atoms with E-state index in [1.165, 1.54) is 69.8 Å². The third-order valence-electron chi connectivity index (χ3n) is 7.02. The van der Waals surface area contributed by atoms with Crippen LogP contribution in [0.5, 0.6) is 0 Å². The molecule has 2 N–H and O–H groups in total. The molecule has 2 fully saturated rings. The second-order valence-corrected chi connectivity index (χ2v) is 11.7. The maximum atomic E-state index is 11.5. The van der Waals surface area contributed by atoms with Crippen molar-refractivity contribution in [3.05, 3.63) is 29.3 Å². The van der Waals surface area contributed by atoms with Gasteiger partial charge in [-0.15, -0.1) is 0 Å². The molecule has 142 valence electrons. The number of hydrogen-bond acceptors (Lipinski definition) is 2. The van der Waals surface area contributed by atoms with Gasteiger partial charge < -0.3 is 10.4 Å². The van der Waals surface area contributed by atoms with E-state index in [9.17, 15) is 9.90 Å². The Balaban J connectivity index is 1.87. The highest BCUT2D eigenvalue weighted by Crippen LogP contribution is 2.65. The number of fused-ring (bicyclic) bond motifs is 1. The van der Waals surface area contributed by atoms with Crippen LogP contribution in [-0.2, 0) is 5.41 Å². The standard InChI is InChI=1S/C21H27Br2NO2/c22-21(23)20(15-7-3-1-4-8-15,16-9-5-2-6-10-16)17-12-11-14(19(25)26)13-18(17)24-21/h11-13,15-16,24H,1-10H2,(H,25,26). The number of carboxylic acids is 1. The highest BCUT2D eigenvalue weighted by Gasteiger charge is 2.62. The normalized spacial score (nSPS) is 25.5. The van der Waals surface area contributed by atoms with E-state index >= 15 is 0 Å². The Morgan fingerprint density at radius 2 is 1.50 bits per heavy atom. The summed E-state index contributed by atoms with van der Waals surface area (Å²) in [7, 11) is 0. The molecule has 5 heteroatoms. The fourth-order valence-electron chi connectivity index (χ4n) is 5.98. The first-order valence-electron chi connectivity index (χ1n) is 10.0. The number of nitrogens with one attached hydrogen (secondary N) is 1. The topological polar surface area (TPSA) is 49.3 Å². The van der Waals surface area contributed by atoms with E-state index in [0.717, 1.165) is 5.69 Å². The van der Waals surface area contributed by atoms with Crippen LogP contribution in [-0.4, -0.2) is 14.4 Å². The maximum absolute atomic E-state index is 11.5. The molecular weight excluding hydrogens is 458 g/mol. The van der Waals surface area contributed by atoms with Crippen LogP contribution in [0.3, 0.4) is 0 Å². The lowest BCUT2D eigenvalue weighted by molar-refractivity contribution is 0.0697. The highest BCUT2D eigenvalue weighted by molar-refractivity contribution is 9.25. The van der Waals surface area contributed by atoms with Crippen LogP contribution in [0.1, 0.15) is 80.1 Å². The fourth-order valence-corrected chi connectivity index (χ4v) is 8.13. The molecule has 26 heavy (non-hydrogen) atoms. The van der Waals surface area contributed by atoms with Crippen molar-refractivity contribution in [2.45, 2.75) is 73.0 Å². The second-order valence-electron chi connectivity index (χ2n) is 8.30. The second kappa shape index (κ2) is 7.12. The van der Waals surface area contributed by atoms with Crippen LogP contribution in [0, 0.1) is 11.8 Å². The van der Waals surface area contributed by atoms with Crippen LogP contribution < -0.4 is 5.32 Å². The van der Waals surface area contributed by atoms with Crippen molar-refractivity contribution in [1.29, 1.82) is 0 Å². The van der Waals surface area contributed by atoms with Crippen molar-refractivity contribution in [3.8, 4) is 0 Å². The number of benzene rings is 1. The number of rotatable bonds is 3. The summed E-state index contributed by atoms with van der Waals surface area (Å²) in [5, 5.41) is 13.0. The SMILES string of the molecule is O=C(O)c1ccc2c(c1)NC(Br)(Br)C2(C1CCCCC1)C1CCCCC1. The van der Waals surface area contributed by atoms with Crippen molar-refractivity contribution in [2.75, 3.05) is 5.32 Å². The number of halogens is 2. The van der Waals surface area contributed by atoms with E-state index < -0.39 is 9.33 Å². The molecule has 2 saturated carbocycles. The predicted octanol–water partition coefficient (Wildman–Crippen LogP) is 6.65. The minimum atomic E-state index is -0.864. The Kier molecular flexibility index (Phi) is 5.15. The molecule has 0 amide bonds. The van der Waals surface area contributed by atoms with E-state index in [-0.39, 0.29) is 5.41 Å². The minimum absolute atomic E-state index is 0.0276. The zero-order chi connectivity index (χ0) is 18.4. The predicted molar refractivity (Wildman–Crippen MR) is 112 cm³/mol. The minimum Gasteiger partial charge on any atom is -0.478 e. The third kappa shape index (κ3) is 2.85. The first-order valence-corrected chi connectivity index (χ1v) is 11.6. The molecule has 0 unspecified atom stereocenters. The van der Waals surface area contributed by atoms with E-state index in [1.54, 1.807) is 6.07 Å². The van der Waals surface area contributed by atoms with E-state index in [1.807, 2.05) is 6.07 Å². The Morgan fingerprint density at radius 3 is 2.00 bits per heavy atom. The maximum Gasteiger partial charge on any atom is 0.335 e. The van der Waals surface area contributed by atoms with Gasteiger partial charge in [0.1, 0.15) is 0 Å². The van der Waals surface area contributed by atoms with Gasteiger partial charge in [0.25, 0.3) is 0 Å². The van der Waals surface area contributed by atoms with Crippen LogP contribution in [0.4, 0.5) is 5.69 Å². The van der Waals surface area contributed by atoms with Gasteiger partial charge in [-0.1, -0.05) is 44.6 Å². The lowest BCUT2D eigenvalue weighted by Crippen LogP contribution is -2.54. The summed E-state index contributed by atoms with van der Waals surface area (Å²) in [6.45, 7) is 0. The first-order chi connectivity index (χ1) is 12.5. The largest absolute Gasteiger partial charge is 0.478 e. The number of carbonyl (C=O) groups is 1. The summed E-state index contributed by atoms with van der Waals surface area (Å²) in [6, 6.07) is 5.71. The fraction of sp³-hybridized carbons (Fsp3) is 0.667. The molecule has 0 radical (unpaired) electrons.